The fraction of sp³-hybridized carbons (Fsp3) is 0.333. The van der Waals surface area contributed by atoms with Crippen LogP contribution in [0.1, 0.15) is 31.1 Å². The lowest BCUT2D eigenvalue weighted by atomic mass is 10.1. The summed E-state index contributed by atoms with van der Waals surface area (Å²) in [5, 5.41) is 8.13. The first-order chi connectivity index (χ1) is 9.31. The van der Waals surface area contributed by atoms with Crippen molar-refractivity contribution in [3.63, 3.8) is 0 Å². The summed E-state index contributed by atoms with van der Waals surface area (Å²) in [5.74, 6) is -0.173. The van der Waals surface area contributed by atoms with Crippen LogP contribution in [-0.2, 0) is 0 Å². The predicted molar refractivity (Wildman–Crippen MR) is 80.9 cm³/mol. The summed E-state index contributed by atoms with van der Waals surface area (Å²) in [6.45, 7) is 9.64. The van der Waals surface area contributed by atoms with E-state index in [1.165, 1.54) is 0 Å². The van der Waals surface area contributed by atoms with Gasteiger partial charge in [-0.3, -0.25) is 4.79 Å². The minimum absolute atomic E-state index is 0.173. The van der Waals surface area contributed by atoms with Crippen LogP contribution in [0.2, 0.25) is 0 Å². The molecule has 0 spiro atoms. The molecule has 0 fully saturated rings. The molecule has 20 heavy (non-hydrogen) atoms. The molecule has 3 N–H and O–H groups in total. The van der Waals surface area contributed by atoms with Crippen molar-refractivity contribution in [3.8, 4) is 0 Å². The average molecular weight is 275 g/mol. The van der Waals surface area contributed by atoms with Crippen LogP contribution in [0, 0.1) is 0 Å². The van der Waals surface area contributed by atoms with Gasteiger partial charge >= 0.3 is 6.03 Å². The van der Waals surface area contributed by atoms with Crippen molar-refractivity contribution >= 4 is 17.6 Å². The molecule has 0 aliphatic rings. The van der Waals surface area contributed by atoms with E-state index in [1.54, 1.807) is 30.3 Å². The number of rotatable bonds is 4. The van der Waals surface area contributed by atoms with Crippen molar-refractivity contribution in [2.24, 2.45) is 0 Å². The number of amides is 3. The summed E-state index contributed by atoms with van der Waals surface area (Å²) < 4.78 is 0. The van der Waals surface area contributed by atoms with E-state index >= 15 is 0 Å². The molecule has 0 radical (unpaired) electrons. The van der Waals surface area contributed by atoms with Crippen LogP contribution in [0.15, 0.2) is 36.9 Å². The Hall–Kier alpha value is -2.30. The van der Waals surface area contributed by atoms with Gasteiger partial charge in [-0.2, -0.15) is 0 Å². The van der Waals surface area contributed by atoms with E-state index < -0.39 is 0 Å². The molecule has 5 nitrogen and oxygen atoms in total. The average Bonchev–Trinajstić information content (AvgIpc) is 2.34. The van der Waals surface area contributed by atoms with Crippen molar-refractivity contribution in [1.82, 2.24) is 10.6 Å². The quantitative estimate of drug-likeness (QED) is 0.739. The van der Waals surface area contributed by atoms with Gasteiger partial charge in [0.15, 0.2) is 0 Å². The van der Waals surface area contributed by atoms with Gasteiger partial charge in [-0.1, -0.05) is 12.1 Å². The van der Waals surface area contributed by atoms with Crippen molar-refractivity contribution in [1.29, 1.82) is 0 Å². The second-order valence-electron chi connectivity index (χ2n) is 5.41. The van der Waals surface area contributed by atoms with E-state index in [9.17, 15) is 9.59 Å². The third kappa shape index (κ3) is 5.56. The number of carbonyl (C=O) groups excluding carboxylic acids is 2. The molecule has 3 amide bonds. The van der Waals surface area contributed by atoms with E-state index in [0.29, 0.717) is 17.8 Å². The minimum atomic E-state index is -0.335. The first-order valence-electron chi connectivity index (χ1n) is 6.40. The molecular formula is C15H21N3O2. The summed E-state index contributed by atoms with van der Waals surface area (Å²) in [6, 6.07) is 6.45. The molecule has 0 atom stereocenters. The molecule has 1 aromatic carbocycles. The number of hydrogen-bond donors (Lipinski definition) is 3. The molecule has 0 bridgehead atoms. The standard InChI is InChI=1S/C15H21N3O2/c1-5-9-16-14(20)17-12-8-6-7-11(10-12)13(19)18-15(2,3)4/h5-8,10H,1,9H2,2-4H3,(H,18,19)(H2,16,17,20). The Labute approximate surface area is 119 Å². The smallest absolute Gasteiger partial charge is 0.319 e. The Bertz CT molecular complexity index is 504. The van der Waals surface area contributed by atoms with Gasteiger partial charge in [-0.25, -0.2) is 4.79 Å². The Balaban J connectivity index is 2.73. The molecule has 0 aromatic heterocycles. The number of urea groups is 1. The van der Waals surface area contributed by atoms with Gasteiger partial charge in [-0.05, 0) is 39.0 Å². The van der Waals surface area contributed by atoms with Gasteiger partial charge in [0.05, 0.1) is 0 Å². The van der Waals surface area contributed by atoms with Gasteiger partial charge in [0.2, 0.25) is 0 Å². The van der Waals surface area contributed by atoms with Crippen molar-refractivity contribution < 1.29 is 9.59 Å². The van der Waals surface area contributed by atoms with Gasteiger partial charge in [0, 0.05) is 23.3 Å². The van der Waals surface area contributed by atoms with Gasteiger partial charge in [0.1, 0.15) is 0 Å². The van der Waals surface area contributed by atoms with Crippen molar-refractivity contribution in [2.45, 2.75) is 26.3 Å². The maximum atomic E-state index is 12.0. The minimum Gasteiger partial charge on any atom is -0.347 e. The summed E-state index contributed by atoms with van der Waals surface area (Å²) in [5.41, 5.74) is 0.761. The number of hydrogen-bond acceptors (Lipinski definition) is 2. The molecule has 0 unspecified atom stereocenters. The monoisotopic (exact) mass is 275 g/mol. The molecule has 0 heterocycles. The van der Waals surface area contributed by atoms with Crippen LogP contribution in [0.5, 0.6) is 0 Å². The zero-order chi connectivity index (χ0) is 15.2. The summed E-state index contributed by atoms with van der Waals surface area (Å²) in [7, 11) is 0. The van der Waals surface area contributed by atoms with E-state index in [4.69, 9.17) is 0 Å². The van der Waals surface area contributed by atoms with Crippen LogP contribution in [0.3, 0.4) is 0 Å². The van der Waals surface area contributed by atoms with E-state index in [-0.39, 0.29) is 17.5 Å². The van der Waals surface area contributed by atoms with E-state index in [2.05, 4.69) is 22.5 Å². The number of carbonyl (C=O) groups is 2. The molecule has 108 valence electrons. The molecule has 1 aromatic rings. The van der Waals surface area contributed by atoms with Crippen molar-refractivity contribution in [2.75, 3.05) is 11.9 Å². The lowest BCUT2D eigenvalue weighted by Crippen LogP contribution is -2.40. The number of nitrogens with one attached hydrogen (secondary N) is 3. The molecule has 0 aliphatic heterocycles. The number of benzene rings is 1. The van der Waals surface area contributed by atoms with Crippen LogP contribution < -0.4 is 16.0 Å². The molecule has 5 heteroatoms. The third-order valence-electron chi connectivity index (χ3n) is 2.28. The third-order valence-corrected chi connectivity index (χ3v) is 2.28. The number of anilines is 1. The summed E-state index contributed by atoms with van der Waals surface area (Å²) in [4.78, 5) is 23.5. The Morgan fingerprint density at radius 2 is 2.00 bits per heavy atom. The second kappa shape index (κ2) is 6.75. The maximum Gasteiger partial charge on any atom is 0.319 e. The molecular weight excluding hydrogens is 254 g/mol. The lowest BCUT2D eigenvalue weighted by Gasteiger charge is -2.20. The predicted octanol–water partition coefficient (Wildman–Crippen LogP) is 2.52. The zero-order valence-corrected chi connectivity index (χ0v) is 12.1. The van der Waals surface area contributed by atoms with Gasteiger partial charge in [0.25, 0.3) is 5.91 Å². The molecule has 0 aliphatic carbocycles. The maximum absolute atomic E-state index is 12.0. The van der Waals surface area contributed by atoms with Gasteiger partial charge < -0.3 is 16.0 Å². The normalized spacial score (nSPS) is 10.6. The first kappa shape index (κ1) is 15.8. The first-order valence-corrected chi connectivity index (χ1v) is 6.40. The summed E-state index contributed by atoms with van der Waals surface area (Å²) >= 11 is 0. The Morgan fingerprint density at radius 1 is 1.30 bits per heavy atom. The SMILES string of the molecule is C=CCNC(=O)Nc1cccc(C(=O)NC(C)(C)C)c1. The van der Waals surface area contributed by atoms with Gasteiger partial charge in [-0.15, -0.1) is 6.58 Å². The van der Waals surface area contributed by atoms with Crippen LogP contribution in [0.4, 0.5) is 10.5 Å². The van der Waals surface area contributed by atoms with Crippen molar-refractivity contribution in [3.05, 3.63) is 42.5 Å². The second-order valence-corrected chi connectivity index (χ2v) is 5.41. The fourth-order valence-electron chi connectivity index (χ4n) is 1.49. The fourth-order valence-corrected chi connectivity index (χ4v) is 1.49. The molecule has 0 saturated carbocycles. The van der Waals surface area contributed by atoms with E-state index in [0.717, 1.165) is 0 Å². The molecule has 0 saturated heterocycles. The highest BCUT2D eigenvalue weighted by Gasteiger charge is 2.15. The largest absolute Gasteiger partial charge is 0.347 e. The Kier molecular flexibility index (Phi) is 5.32. The highest BCUT2D eigenvalue weighted by Crippen LogP contribution is 2.12. The zero-order valence-electron chi connectivity index (χ0n) is 12.1. The molecule has 1 rings (SSSR count). The lowest BCUT2D eigenvalue weighted by molar-refractivity contribution is 0.0919. The van der Waals surface area contributed by atoms with Crippen LogP contribution in [0.25, 0.3) is 0 Å². The van der Waals surface area contributed by atoms with Crippen LogP contribution >= 0.6 is 0 Å². The highest BCUT2D eigenvalue weighted by atomic mass is 16.2. The highest BCUT2D eigenvalue weighted by molar-refractivity contribution is 5.97. The van der Waals surface area contributed by atoms with E-state index in [1.807, 2.05) is 20.8 Å². The topological polar surface area (TPSA) is 70.2 Å². The summed E-state index contributed by atoms with van der Waals surface area (Å²) in [6.07, 6.45) is 1.59. The van der Waals surface area contributed by atoms with Crippen LogP contribution in [-0.4, -0.2) is 24.0 Å². The Morgan fingerprint density at radius 3 is 2.60 bits per heavy atom.